The van der Waals surface area contributed by atoms with E-state index in [9.17, 15) is 30.9 Å². The number of anilines is 14. The van der Waals surface area contributed by atoms with E-state index in [2.05, 4.69) is 101 Å². The van der Waals surface area contributed by atoms with Crippen molar-refractivity contribution in [1.29, 1.82) is 0 Å². The highest BCUT2D eigenvalue weighted by molar-refractivity contribution is 7.92. The van der Waals surface area contributed by atoms with Crippen LogP contribution in [0.5, 0.6) is 11.5 Å². The van der Waals surface area contributed by atoms with E-state index in [1.165, 1.54) is 68.7 Å². The summed E-state index contributed by atoms with van der Waals surface area (Å²) in [4.78, 5) is 36.5. The first-order chi connectivity index (χ1) is 52.6. The van der Waals surface area contributed by atoms with Gasteiger partial charge in [0.2, 0.25) is 17.8 Å². The van der Waals surface area contributed by atoms with Crippen LogP contribution in [0.3, 0.4) is 0 Å². The quantitative estimate of drug-likeness (QED) is 0.0259. The van der Waals surface area contributed by atoms with E-state index in [1.807, 2.05) is 88.1 Å². The fourth-order valence-corrected chi connectivity index (χ4v) is 18.5. The summed E-state index contributed by atoms with van der Waals surface area (Å²) in [6.07, 6.45) is 9.11. The van der Waals surface area contributed by atoms with Crippen molar-refractivity contribution in [3.8, 4) is 11.5 Å². The number of piperidine rings is 1. The number of nitrogens with one attached hydrogen (secondary N) is 6. The van der Waals surface area contributed by atoms with Crippen LogP contribution in [-0.2, 0) is 41.0 Å². The summed E-state index contributed by atoms with van der Waals surface area (Å²) in [5, 5.41) is 20.7. The molecule has 34 heteroatoms. The average Bonchev–Trinajstić information content (AvgIpc) is 1.74. The predicted molar refractivity (Wildman–Crippen MR) is 457 cm³/mol. The molecule has 4 aliphatic heterocycles. The number of likely N-dealkylation sites (N-methyl/N-ethyl adjacent to an activating group) is 1. The number of ether oxygens (including phenoxy) is 2. The molecule has 1 unspecified atom stereocenters. The number of hydrogen-bond acceptors (Lipinski definition) is 26. The molecular weight excluding hydrogens is 1570 g/mol. The number of fused-ring (bicyclic) bond motifs is 1. The highest BCUT2D eigenvalue weighted by atomic mass is 35.5. The van der Waals surface area contributed by atoms with Crippen LogP contribution in [0.4, 0.5) is 80.8 Å². The molecule has 8 N–H and O–H groups in total. The molecule has 0 saturated carbocycles. The first kappa shape index (κ1) is 85.5. The molecule has 3 aromatic heterocycles. The van der Waals surface area contributed by atoms with Crippen LogP contribution in [0, 0.1) is 6.92 Å². The number of hydrogen-bond donors (Lipinski definition) is 7. The summed E-state index contributed by atoms with van der Waals surface area (Å²) in [6.45, 7) is 26.9. The molecule has 4 aliphatic rings. The number of nitrogens with zero attached hydrogens (tertiary/aromatic N) is 10. The third kappa shape index (κ3) is 22.9. The number of halogens is 3. The fourth-order valence-electron chi connectivity index (χ4n) is 12.7. The Morgan fingerprint density at radius 2 is 1.14 bits per heavy atom. The normalized spacial score (nSPS) is 15.6. The maximum Gasteiger partial charge on any atom is 0.229 e. The molecule has 13 rings (SSSR count). The number of piperazine rings is 1. The van der Waals surface area contributed by atoms with Crippen LogP contribution in [0.15, 0.2) is 150 Å². The van der Waals surface area contributed by atoms with Gasteiger partial charge in [0.05, 0.1) is 78.0 Å². The second kappa shape index (κ2) is 37.8. The Kier molecular flexibility index (Phi) is 29.1. The zero-order valence-electron chi connectivity index (χ0n) is 64.4. The zero-order valence-corrected chi connectivity index (χ0v) is 71.0. The number of sulfone groups is 1. The second-order valence-electron chi connectivity index (χ2n) is 28.9. The summed E-state index contributed by atoms with van der Waals surface area (Å²) in [7, 11) is -6.60. The Labute approximate surface area is 668 Å². The first-order valence-corrected chi connectivity index (χ1v) is 47.8. The van der Waals surface area contributed by atoms with Crippen LogP contribution >= 0.6 is 56.2 Å². The van der Waals surface area contributed by atoms with Crippen molar-refractivity contribution in [2.45, 2.75) is 81.0 Å². The monoisotopic (exact) mass is 1670 g/mol. The molecule has 0 amide bonds. The number of para-hydroxylation sites is 3. The number of aromatic nitrogens is 6. The van der Waals surface area contributed by atoms with Crippen LogP contribution in [-0.4, -0.2) is 193 Å². The molecule has 6 aromatic carbocycles. The molecule has 0 aliphatic carbocycles. The van der Waals surface area contributed by atoms with Crippen molar-refractivity contribution in [3.63, 3.8) is 0 Å². The molecule has 3 saturated heterocycles. The molecule has 594 valence electrons. The molecule has 0 spiro atoms. The molecule has 1 atom stereocenters. The smallest absolute Gasteiger partial charge is 0.229 e. The molecule has 9 aromatic rings. The van der Waals surface area contributed by atoms with E-state index in [1.54, 1.807) is 96.3 Å². The number of methoxy groups -OCH3 is 1. The maximum atomic E-state index is 12.8. The molecule has 0 bridgehead atoms. The van der Waals surface area contributed by atoms with Gasteiger partial charge in [0.15, 0.2) is 27.3 Å². The van der Waals surface area contributed by atoms with Crippen LogP contribution in [0.2, 0.25) is 15.1 Å². The van der Waals surface area contributed by atoms with Crippen molar-refractivity contribution in [2.75, 3.05) is 160 Å². The van der Waals surface area contributed by atoms with Crippen LogP contribution in [0.1, 0.15) is 51.7 Å². The van der Waals surface area contributed by atoms with E-state index in [0.717, 1.165) is 77.3 Å². The largest absolute Gasteiger partial charge is 0.768 e. The maximum absolute atomic E-state index is 12.8. The molecule has 26 nitrogen and oxygen atoms in total. The molecule has 0 radical (unpaired) electrons. The van der Waals surface area contributed by atoms with E-state index in [4.69, 9.17) is 50.0 Å². The predicted octanol–water partition coefficient (Wildman–Crippen LogP) is 15.4. The minimum Gasteiger partial charge on any atom is -0.768 e. The van der Waals surface area contributed by atoms with Crippen LogP contribution in [0.25, 0.3) is 0 Å². The van der Waals surface area contributed by atoms with Gasteiger partial charge in [-0.05, 0) is 176 Å². The zero-order chi connectivity index (χ0) is 80.1. The fraction of sp³-hybridized carbons (Fsp3) is 0.377. The van der Waals surface area contributed by atoms with Crippen molar-refractivity contribution in [3.05, 3.63) is 166 Å². The van der Waals surface area contributed by atoms with Gasteiger partial charge in [-0.15, -0.1) is 0 Å². The van der Waals surface area contributed by atoms with Gasteiger partial charge in [0.25, 0.3) is 0 Å². The van der Waals surface area contributed by atoms with Gasteiger partial charge in [0, 0.05) is 121 Å². The summed E-state index contributed by atoms with van der Waals surface area (Å²) >= 11 is 16.6. The number of aryl methyl sites for hydroxylation is 1. The van der Waals surface area contributed by atoms with Crippen molar-refractivity contribution < 1.29 is 40.3 Å². The van der Waals surface area contributed by atoms with E-state index in [-0.39, 0.29) is 43.4 Å². The molecule has 3 fully saturated rings. The molecule has 7 heterocycles. The van der Waals surface area contributed by atoms with Gasteiger partial charge in [-0.1, -0.05) is 85.0 Å². The summed E-state index contributed by atoms with van der Waals surface area (Å²) in [5.41, 5.74) is 13.2. The van der Waals surface area contributed by atoms with Gasteiger partial charge in [-0.3, -0.25) is 9.11 Å². The van der Waals surface area contributed by atoms with E-state index in [0.29, 0.717) is 70.6 Å². The van der Waals surface area contributed by atoms with E-state index >= 15 is 0 Å². The average molecular weight is 1670 g/mol. The lowest BCUT2D eigenvalue weighted by Gasteiger charge is -2.43. The Bertz CT molecular complexity index is 5060. The van der Waals surface area contributed by atoms with Gasteiger partial charge in [0.1, 0.15) is 40.9 Å². The SMILES string of the molecule is CC(C)N.CN1CCN(C2CCN(c3ccc(Nc4ncc(Cl)c(Nc5ccccc5P(C)(C)=O)n4)c4c3CCO4)CC2)CC1.COc1cc(N2CCP(C)(=O)CC2)ccc1Nc1ncc(Cl)c(Nc2ccccc2S(=O)(=O)C(C)C)n1.Cc1cc(P(C)(C)=O)ccc1Nc1ncc(Cl)c(Nc2ccccc2S(=O)[O-])n1. The van der Waals surface area contributed by atoms with E-state index < -0.39 is 47.6 Å². The van der Waals surface area contributed by atoms with Crippen molar-refractivity contribution in [2.24, 2.45) is 5.73 Å². The Morgan fingerprint density at radius 1 is 0.631 bits per heavy atom. The lowest BCUT2D eigenvalue weighted by atomic mass is 9.99. The first-order valence-electron chi connectivity index (χ1n) is 36.4. The summed E-state index contributed by atoms with van der Waals surface area (Å²) in [6, 6.07) is 37.2. The van der Waals surface area contributed by atoms with Crippen molar-refractivity contribution >= 4 is 169 Å². The third-order valence-corrected chi connectivity index (χ3v) is 28.0. The Hall–Kier alpha value is -7.94. The van der Waals surface area contributed by atoms with Gasteiger partial charge >= 0.3 is 0 Å². The summed E-state index contributed by atoms with van der Waals surface area (Å²) in [5.74, 6) is 3.40. The number of benzene rings is 6. The lowest BCUT2D eigenvalue weighted by Crippen LogP contribution is -2.52. The second-order valence-corrected chi connectivity index (χ2v) is 43.4. The summed E-state index contributed by atoms with van der Waals surface area (Å²) < 4.78 is 97.6. The van der Waals surface area contributed by atoms with Crippen LogP contribution < -0.4 is 67.5 Å². The number of nitrogens with two attached hydrogens (primary N) is 1. The molecular formula is C77H98Cl3N17O9P3S2-. The lowest BCUT2D eigenvalue weighted by molar-refractivity contribution is 0.0982. The Balaban J connectivity index is 0.000000175. The van der Waals surface area contributed by atoms with Crippen molar-refractivity contribution in [1.82, 2.24) is 39.7 Å². The standard InChI is InChI=1S/C30H39ClN7O2P.C25H31ClN5O4PS.C19H20ClN4O3PS.C3H9N/c1-36-15-17-37(18-16-36)21-10-13-38(14-11-21)26-9-8-25(28-22(26)12-19-40-28)34-30-32-20-23(31)29(35-30)33-24-6-4-5-7-27(24)41(2,3)39;1-17(2)37(33,34)23-8-6-5-7-21(23)28-24-19(26)16-27-25(30-24)29-20-10-9-18(15-22(20)35-3)31-11-13-36(4,32)14-12-31;1-12-10-13(28(2,3)25)8-9-15(12)23-19-21-11-14(20)18(24-19)22-16-6-4-5-7-17(16)29(26)27;1-3(2)4/h4-9,20-21H,10-19H2,1-3H3,(H2,32,33,34,35);5-10,15-17H,11-14H2,1-4H3,(H2,27,28,29,30);4-11H,1-3H3,(H,26,27)(H2,21,22,23,24);3H,4H2,1-2H3/p-1. The van der Waals surface area contributed by atoms with Gasteiger partial charge < -0.3 is 80.1 Å². The molecule has 111 heavy (non-hydrogen) atoms. The number of rotatable bonds is 21. The van der Waals surface area contributed by atoms with Gasteiger partial charge in [-0.2, -0.15) is 15.0 Å². The topological polar surface area (TPSA) is 332 Å². The highest BCUT2D eigenvalue weighted by Crippen LogP contribution is 2.46. The Morgan fingerprint density at radius 3 is 1.68 bits per heavy atom. The van der Waals surface area contributed by atoms with Gasteiger partial charge in [-0.25, -0.2) is 23.4 Å². The minimum atomic E-state index is -3.53. The highest BCUT2D eigenvalue weighted by Gasteiger charge is 2.32. The minimum absolute atomic E-state index is 0.103. The third-order valence-electron chi connectivity index (χ3n) is 18.9.